The molecular weight excluding hydrogens is 317 g/mol. The molecule has 0 N–H and O–H groups in total. The second-order valence-electron chi connectivity index (χ2n) is 5.55. The van der Waals surface area contributed by atoms with Gasteiger partial charge in [-0.2, -0.15) is 4.37 Å². The molecule has 1 saturated heterocycles. The first-order valence-corrected chi connectivity index (χ1v) is 8.44. The van der Waals surface area contributed by atoms with Gasteiger partial charge in [-0.1, -0.05) is 12.1 Å². The molecule has 0 atom stereocenters. The average molecular weight is 337 g/mol. The Kier molecular flexibility index (Phi) is 5.53. The lowest BCUT2D eigenvalue weighted by Crippen LogP contribution is -2.37. The fraction of sp³-hybridized carbons (Fsp3) is 0.500. The molecule has 7 heteroatoms. The molecule has 1 fully saturated rings. The number of hydrogen-bond acceptors (Lipinski definition) is 6. The van der Waals surface area contributed by atoms with E-state index in [2.05, 4.69) is 14.3 Å². The zero-order chi connectivity index (χ0) is 16.1. The third-order valence-corrected chi connectivity index (χ3v) is 4.66. The van der Waals surface area contributed by atoms with Gasteiger partial charge in [0.25, 0.3) is 0 Å². The van der Waals surface area contributed by atoms with Gasteiger partial charge in [0.2, 0.25) is 5.13 Å². The molecule has 0 amide bonds. The molecule has 0 spiro atoms. The molecule has 1 aliphatic rings. The third kappa shape index (κ3) is 4.46. The van der Waals surface area contributed by atoms with Gasteiger partial charge in [0.15, 0.2) is 5.82 Å². The average Bonchev–Trinajstić information content (AvgIpc) is 3.04. The van der Waals surface area contributed by atoms with E-state index < -0.39 is 0 Å². The number of aromatic nitrogens is 2. The molecule has 124 valence electrons. The molecule has 0 saturated carbocycles. The minimum Gasteiger partial charge on any atom is -0.377 e. The maximum Gasteiger partial charge on any atom is 0.205 e. The Bertz CT molecular complexity index is 612. The summed E-state index contributed by atoms with van der Waals surface area (Å²) in [5, 5.41) is 0.953. The SMILES string of the molecule is COCc1nsc(N2CCC(OCc3ccc(F)cc3)CC2)n1. The van der Waals surface area contributed by atoms with Crippen molar-refractivity contribution in [2.75, 3.05) is 25.1 Å². The van der Waals surface area contributed by atoms with Gasteiger partial charge < -0.3 is 14.4 Å². The van der Waals surface area contributed by atoms with Crippen LogP contribution in [0.1, 0.15) is 24.2 Å². The van der Waals surface area contributed by atoms with E-state index in [9.17, 15) is 4.39 Å². The highest BCUT2D eigenvalue weighted by Crippen LogP contribution is 2.23. The van der Waals surface area contributed by atoms with Gasteiger partial charge in [0, 0.05) is 31.7 Å². The van der Waals surface area contributed by atoms with Gasteiger partial charge in [-0.05, 0) is 30.5 Å². The number of nitrogens with zero attached hydrogens (tertiary/aromatic N) is 3. The largest absolute Gasteiger partial charge is 0.377 e. The lowest BCUT2D eigenvalue weighted by molar-refractivity contribution is 0.0251. The van der Waals surface area contributed by atoms with E-state index in [4.69, 9.17) is 9.47 Å². The first-order chi connectivity index (χ1) is 11.2. The van der Waals surface area contributed by atoms with E-state index in [0.717, 1.165) is 42.5 Å². The molecule has 0 bridgehead atoms. The molecular formula is C16H20FN3O2S. The van der Waals surface area contributed by atoms with Crippen molar-refractivity contribution in [3.8, 4) is 0 Å². The van der Waals surface area contributed by atoms with Gasteiger partial charge in [-0.3, -0.25) is 0 Å². The Morgan fingerprint density at radius 3 is 2.65 bits per heavy atom. The van der Waals surface area contributed by atoms with Crippen molar-refractivity contribution in [3.05, 3.63) is 41.5 Å². The maximum atomic E-state index is 12.9. The fourth-order valence-electron chi connectivity index (χ4n) is 2.57. The van der Waals surface area contributed by atoms with Crippen molar-refractivity contribution in [2.45, 2.75) is 32.2 Å². The second kappa shape index (κ2) is 7.81. The summed E-state index contributed by atoms with van der Waals surface area (Å²) < 4.78 is 28.1. The summed E-state index contributed by atoms with van der Waals surface area (Å²) >= 11 is 1.42. The standard InChI is InChI=1S/C16H20FN3O2S/c1-21-11-15-18-16(23-19-15)20-8-6-14(7-9-20)22-10-12-2-4-13(17)5-3-12/h2-5,14H,6-11H2,1H3. The van der Waals surface area contributed by atoms with Gasteiger partial charge >= 0.3 is 0 Å². The van der Waals surface area contributed by atoms with Crippen LogP contribution in [0.25, 0.3) is 0 Å². The van der Waals surface area contributed by atoms with Crippen LogP contribution in [0.15, 0.2) is 24.3 Å². The monoisotopic (exact) mass is 337 g/mol. The summed E-state index contributed by atoms with van der Waals surface area (Å²) in [4.78, 5) is 6.73. The predicted octanol–water partition coefficient (Wildman–Crippen LogP) is 3.01. The molecule has 0 radical (unpaired) electrons. The van der Waals surface area contributed by atoms with Crippen LogP contribution in [-0.2, 0) is 22.7 Å². The van der Waals surface area contributed by atoms with E-state index in [0.29, 0.717) is 13.2 Å². The first-order valence-electron chi connectivity index (χ1n) is 7.67. The van der Waals surface area contributed by atoms with Gasteiger partial charge in [-0.25, -0.2) is 9.37 Å². The smallest absolute Gasteiger partial charge is 0.205 e. The lowest BCUT2D eigenvalue weighted by atomic mass is 10.1. The van der Waals surface area contributed by atoms with E-state index in [-0.39, 0.29) is 11.9 Å². The molecule has 0 aliphatic carbocycles. The fourth-order valence-corrected chi connectivity index (χ4v) is 3.29. The number of methoxy groups -OCH3 is 1. The Morgan fingerprint density at radius 2 is 1.96 bits per heavy atom. The highest BCUT2D eigenvalue weighted by molar-refractivity contribution is 7.09. The molecule has 1 aromatic heterocycles. The van der Waals surface area contributed by atoms with Crippen molar-refractivity contribution in [3.63, 3.8) is 0 Å². The Labute approximate surface area is 139 Å². The minimum absolute atomic E-state index is 0.216. The van der Waals surface area contributed by atoms with Crippen LogP contribution in [0.5, 0.6) is 0 Å². The molecule has 23 heavy (non-hydrogen) atoms. The van der Waals surface area contributed by atoms with Crippen LogP contribution in [0.4, 0.5) is 9.52 Å². The highest BCUT2D eigenvalue weighted by atomic mass is 32.1. The normalized spacial score (nSPS) is 16.0. The molecule has 2 aromatic rings. The zero-order valence-electron chi connectivity index (χ0n) is 13.1. The number of benzene rings is 1. The molecule has 3 rings (SSSR count). The molecule has 1 aromatic carbocycles. The summed E-state index contributed by atoms with van der Waals surface area (Å²) in [5.41, 5.74) is 1.00. The number of anilines is 1. The molecule has 2 heterocycles. The number of piperidine rings is 1. The molecule has 0 unspecified atom stereocenters. The van der Waals surface area contributed by atoms with E-state index >= 15 is 0 Å². The van der Waals surface area contributed by atoms with Crippen LogP contribution in [-0.4, -0.2) is 35.7 Å². The first kappa shape index (κ1) is 16.3. The number of ether oxygens (including phenoxy) is 2. The van der Waals surface area contributed by atoms with Crippen molar-refractivity contribution < 1.29 is 13.9 Å². The summed E-state index contributed by atoms with van der Waals surface area (Å²) in [7, 11) is 1.64. The van der Waals surface area contributed by atoms with Crippen LogP contribution in [0.2, 0.25) is 0 Å². The minimum atomic E-state index is -0.216. The van der Waals surface area contributed by atoms with Crippen molar-refractivity contribution in [1.82, 2.24) is 9.36 Å². The maximum absolute atomic E-state index is 12.9. The highest BCUT2D eigenvalue weighted by Gasteiger charge is 2.22. The Balaban J connectivity index is 1.45. The van der Waals surface area contributed by atoms with Crippen LogP contribution >= 0.6 is 11.5 Å². The summed E-state index contributed by atoms with van der Waals surface area (Å²) in [6.07, 6.45) is 2.16. The summed E-state index contributed by atoms with van der Waals surface area (Å²) in [5.74, 6) is 0.522. The van der Waals surface area contributed by atoms with Crippen molar-refractivity contribution >= 4 is 16.7 Å². The van der Waals surface area contributed by atoms with Crippen LogP contribution in [0.3, 0.4) is 0 Å². The predicted molar refractivity (Wildman–Crippen MR) is 87.0 cm³/mol. The van der Waals surface area contributed by atoms with Crippen LogP contribution in [0, 0.1) is 5.82 Å². The topological polar surface area (TPSA) is 47.5 Å². The summed E-state index contributed by atoms with van der Waals surface area (Å²) in [6.45, 7) is 2.81. The molecule has 1 aliphatic heterocycles. The Hall–Kier alpha value is -1.57. The quantitative estimate of drug-likeness (QED) is 0.811. The number of rotatable bonds is 6. The van der Waals surface area contributed by atoms with Crippen LogP contribution < -0.4 is 4.90 Å². The molecule has 5 nitrogen and oxygen atoms in total. The lowest BCUT2D eigenvalue weighted by Gasteiger charge is -2.31. The van der Waals surface area contributed by atoms with Crippen molar-refractivity contribution in [1.29, 1.82) is 0 Å². The third-order valence-electron chi connectivity index (χ3n) is 3.84. The van der Waals surface area contributed by atoms with E-state index in [1.54, 1.807) is 19.2 Å². The van der Waals surface area contributed by atoms with Gasteiger partial charge in [-0.15, -0.1) is 0 Å². The zero-order valence-corrected chi connectivity index (χ0v) is 13.9. The Morgan fingerprint density at radius 1 is 1.22 bits per heavy atom. The van der Waals surface area contributed by atoms with Gasteiger partial charge in [0.1, 0.15) is 12.4 Å². The number of hydrogen-bond donors (Lipinski definition) is 0. The van der Waals surface area contributed by atoms with E-state index in [1.807, 2.05) is 0 Å². The van der Waals surface area contributed by atoms with E-state index in [1.165, 1.54) is 23.7 Å². The second-order valence-corrected chi connectivity index (χ2v) is 6.28. The summed E-state index contributed by atoms with van der Waals surface area (Å²) in [6, 6.07) is 6.47. The number of halogens is 1. The van der Waals surface area contributed by atoms with Gasteiger partial charge in [0.05, 0.1) is 12.7 Å². The van der Waals surface area contributed by atoms with Crippen molar-refractivity contribution in [2.24, 2.45) is 0 Å².